The van der Waals surface area contributed by atoms with Crippen molar-refractivity contribution in [2.45, 2.75) is 32.2 Å². The Morgan fingerprint density at radius 2 is 1.81 bits per heavy atom. The molecule has 0 saturated carbocycles. The van der Waals surface area contributed by atoms with Crippen molar-refractivity contribution in [2.75, 3.05) is 16.8 Å². The molecular weight excluding hydrogens is 488 g/mol. The monoisotopic (exact) mass is 514 g/mol. The Morgan fingerprint density at radius 1 is 1.03 bits per heavy atom. The van der Waals surface area contributed by atoms with Gasteiger partial charge in [0.2, 0.25) is 5.91 Å². The number of benzene rings is 3. The van der Waals surface area contributed by atoms with Gasteiger partial charge in [0.05, 0.1) is 5.02 Å². The zero-order valence-electron chi connectivity index (χ0n) is 20.4. The highest BCUT2D eigenvalue weighted by Crippen LogP contribution is 2.26. The molecule has 37 heavy (non-hydrogen) atoms. The maximum atomic E-state index is 13.5. The third-order valence-corrected chi connectivity index (χ3v) is 7.01. The van der Waals surface area contributed by atoms with E-state index >= 15 is 0 Å². The molecule has 1 aliphatic heterocycles. The Kier molecular flexibility index (Phi) is 6.97. The zero-order valence-corrected chi connectivity index (χ0v) is 21.1. The van der Waals surface area contributed by atoms with Crippen LogP contribution in [0.4, 0.5) is 11.4 Å². The number of hydrogen-bond acceptors (Lipinski definition) is 3. The Hall–Kier alpha value is -4.10. The molecule has 7 nitrogen and oxygen atoms in total. The molecule has 1 unspecified atom stereocenters. The minimum absolute atomic E-state index is 0.116. The molecule has 3 aromatic carbocycles. The van der Waals surface area contributed by atoms with E-state index in [1.54, 1.807) is 41.4 Å². The van der Waals surface area contributed by atoms with E-state index in [4.69, 9.17) is 11.6 Å². The van der Waals surface area contributed by atoms with Crippen LogP contribution in [0.15, 0.2) is 72.9 Å². The molecule has 5 rings (SSSR count). The first-order chi connectivity index (χ1) is 17.9. The lowest BCUT2D eigenvalue weighted by Gasteiger charge is -2.27. The molecule has 1 fully saturated rings. The van der Waals surface area contributed by atoms with Gasteiger partial charge in [0.15, 0.2) is 0 Å². The number of aromatic nitrogens is 1. The molecule has 188 valence electrons. The van der Waals surface area contributed by atoms with E-state index in [2.05, 4.69) is 15.6 Å². The second-order valence-electron chi connectivity index (χ2n) is 9.20. The fraction of sp³-hybridized carbons (Fsp3) is 0.207. The first-order valence-electron chi connectivity index (χ1n) is 12.2. The number of hydrogen-bond donors (Lipinski definition) is 3. The number of amides is 3. The number of nitrogens with zero attached hydrogens (tertiary/aromatic N) is 1. The van der Waals surface area contributed by atoms with Crippen LogP contribution in [0.5, 0.6) is 0 Å². The Balaban J connectivity index is 1.37. The topological polar surface area (TPSA) is 94.3 Å². The summed E-state index contributed by atoms with van der Waals surface area (Å²) in [5.41, 5.74) is 4.12. The van der Waals surface area contributed by atoms with Crippen molar-refractivity contribution in [3.63, 3.8) is 0 Å². The van der Waals surface area contributed by atoms with E-state index < -0.39 is 6.04 Å². The SMILES string of the molecule is Cc1ccccc1C(NC(=O)c1ccc2c(Cl)c[nH]c2c1)C(=O)Nc1ccc(N2CCCCC2=O)cc1. The standard InChI is InChI=1S/C29H27ClN4O3/c1-18-6-2-3-7-22(18)27(33-28(36)19-9-14-23-24(30)17-31-25(23)16-19)29(37)32-20-10-12-21(13-11-20)34-15-5-4-8-26(34)35/h2-3,6-7,9-14,16-17,27,31H,4-5,8,15H2,1H3,(H,32,37)(H,33,36). The summed E-state index contributed by atoms with van der Waals surface area (Å²) in [5, 5.41) is 7.22. The maximum Gasteiger partial charge on any atom is 0.252 e. The highest BCUT2D eigenvalue weighted by atomic mass is 35.5. The summed E-state index contributed by atoms with van der Waals surface area (Å²) in [5.74, 6) is -0.631. The van der Waals surface area contributed by atoms with Gasteiger partial charge in [-0.3, -0.25) is 14.4 Å². The first-order valence-corrected chi connectivity index (χ1v) is 12.6. The summed E-state index contributed by atoms with van der Waals surface area (Å²) in [7, 11) is 0. The Bertz CT molecular complexity index is 1480. The number of halogens is 1. The molecule has 2 heterocycles. The van der Waals surface area contributed by atoms with E-state index in [1.807, 2.05) is 43.3 Å². The van der Waals surface area contributed by atoms with Crippen LogP contribution in [0.25, 0.3) is 10.9 Å². The molecule has 3 N–H and O–H groups in total. The number of carbonyl (C=O) groups excluding carboxylic acids is 3. The number of nitrogens with one attached hydrogen (secondary N) is 3. The lowest BCUT2D eigenvalue weighted by molar-refractivity contribution is -0.119. The summed E-state index contributed by atoms with van der Waals surface area (Å²) < 4.78 is 0. The van der Waals surface area contributed by atoms with Crippen molar-refractivity contribution in [1.29, 1.82) is 0 Å². The molecule has 1 saturated heterocycles. The van der Waals surface area contributed by atoms with Gasteiger partial charge in [0.25, 0.3) is 11.8 Å². The summed E-state index contributed by atoms with van der Waals surface area (Å²) in [6, 6.07) is 18.9. The fourth-order valence-corrected chi connectivity index (χ4v) is 4.88. The predicted molar refractivity (Wildman–Crippen MR) is 146 cm³/mol. The van der Waals surface area contributed by atoms with Crippen LogP contribution in [0.2, 0.25) is 5.02 Å². The van der Waals surface area contributed by atoms with Crippen molar-refractivity contribution < 1.29 is 14.4 Å². The average Bonchev–Trinajstić information content (AvgIpc) is 3.28. The third-order valence-electron chi connectivity index (χ3n) is 6.70. The van der Waals surface area contributed by atoms with E-state index in [1.165, 1.54) is 0 Å². The smallest absolute Gasteiger partial charge is 0.252 e. The van der Waals surface area contributed by atoms with Gasteiger partial charge in [-0.25, -0.2) is 0 Å². The summed E-state index contributed by atoms with van der Waals surface area (Å²) >= 11 is 6.16. The van der Waals surface area contributed by atoms with Gasteiger partial charge < -0.3 is 20.5 Å². The number of anilines is 2. The van der Waals surface area contributed by atoms with Crippen molar-refractivity contribution in [3.8, 4) is 0 Å². The average molecular weight is 515 g/mol. The molecule has 0 bridgehead atoms. The van der Waals surface area contributed by atoms with Crippen LogP contribution in [0.1, 0.15) is 46.8 Å². The van der Waals surface area contributed by atoms with Gasteiger partial charge in [-0.15, -0.1) is 0 Å². The molecule has 4 aromatic rings. The lowest BCUT2D eigenvalue weighted by Crippen LogP contribution is -2.37. The highest BCUT2D eigenvalue weighted by molar-refractivity contribution is 6.35. The van der Waals surface area contributed by atoms with Crippen LogP contribution < -0.4 is 15.5 Å². The largest absolute Gasteiger partial charge is 0.360 e. The van der Waals surface area contributed by atoms with Crippen LogP contribution in [-0.2, 0) is 9.59 Å². The van der Waals surface area contributed by atoms with Crippen molar-refractivity contribution in [3.05, 3.63) is 94.6 Å². The Labute approximate surface area is 219 Å². The molecule has 0 radical (unpaired) electrons. The minimum atomic E-state index is -0.917. The van der Waals surface area contributed by atoms with Gasteiger partial charge in [-0.1, -0.05) is 41.9 Å². The molecular formula is C29H27ClN4O3. The molecule has 1 atom stereocenters. The molecule has 1 aromatic heterocycles. The van der Waals surface area contributed by atoms with Crippen LogP contribution in [0, 0.1) is 6.92 Å². The van der Waals surface area contributed by atoms with Crippen molar-refractivity contribution in [1.82, 2.24) is 10.3 Å². The van der Waals surface area contributed by atoms with E-state index in [-0.39, 0.29) is 17.7 Å². The second kappa shape index (κ2) is 10.5. The van der Waals surface area contributed by atoms with Gasteiger partial charge in [0.1, 0.15) is 6.04 Å². The molecule has 1 aliphatic rings. The maximum absolute atomic E-state index is 13.5. The van der Waals surface area contributed by atoms with E-state index in [0.29, 0.717) is 34.8 Å². The summed E-state index contributed by atoms with van der Waals surface area (Å²) in [6.07, 6.45) is 4.12. The summed E-state index contributed by atoms with van der Waals surface area (Å²) in [4.78, 5) is 43.8. The molecule has 8 heteroatoms. The number of piperidine rings is 1. The number of fused-ring (bicyclic) bond motifs is 1. The minimum Gasteiger partial charge on any atom is -0.360 e. The number of rotatable bonds is 6. The number of aromatic amines is 1. The third kappa shape index (κ3) is 5.22. The Morgan fingerprint density at radius 3 is 2.57 bits per heavy atom. The fourth-order valence-electron chi connectivity index (χ4n) is 4.66. The van der Waals surface area contributed by atoms with Crippen molar-refractivity contribution >= 4 is 51.6 Å². The van der Waals surface area contributed by atoms with Gasteiger partial charge in [-0.2, -0.15) is 0 Å². The molecule has 0 spiro atoms. The van der Waals surface area contributed by atoms with Gasteiger partial charge >= 0.3 is 0 Å². The number of H-pyrrole nitrogens is 1. The number of carbonyl (C=O) groups is 3. The number of aryl methyl sites for hydroxylation is 1. The second-order valence-corrected chi connectivity index (χ2v) is 9.61. The van der Waals surface area contributed by atoms with E-state index in [0.717, 1.165) is 35.0 Å². The normalized spacial score (nSPS) is 14.4. The van der Waals surface area contributed by atoms with Gasteiger partial charge in [0, 0.05) is 47.0 Å². The first kappa shape index (κ1) is 24.6. The van der Waals surface area contributed by atoms with Crippen molar-refractivity contribution in [2.24, 2.45) is 0 Å². The molecule has 3 amide bonds. The quantitative estimate of drug-likeness (QED) is 0.305. The zero-order chi connectivity index (χ0) is 25.9. The van der Waals surface area contributed by atoms with Crippen LogP contribution in [0.3, 0.4) is 0 Å². The van der Waals surface area contributed by atoms with Crippen LogP contribution in [-0.4, -0.2) is 29.3 Å². The molecule has 0 aliphatic carbocycles. The lowest BCUT2D eigenvalue weighted by atomic mass is 9.99. The van der Waals surface area contributed by atoms with Gasteiger partial charge in [-0.05, 0) is 67.3 Å². The van der Waals surface area contributed by atoms with Crippen LogP contribution >= 0.6 is 11.6 Å². The summed E-state index contributed by atoms with van der Waals surface area (Å²) in [6.45, 7) is 2.60. The predicted octanol–water partition coefficient (Wildman–Crippen LogP) is 5.76. The highest BCUT2D eigenvalue weighted by Gasteiger charge is 2.26. The van der Waals surface area contributed by atoms with E-state index in [9.17, 15) is 14.4 Å².